The van der Waals surface area contributed by atoms with Crippen molar-refractivity contribution < 1.29 is 9.85 Å². The molecular formula is C20H16N4O4. The average Bonchev–Trinajstić information content (AvgIpc) is 2.72. The van der Waals surface area contributed by atoms with Gasteiger partial charge in [0.25, 0.3) is 5.69 Å². The number of nitro benzene ring substituents is 2. The molecular weight excluding hydrogens is 360 g/mol. The van der Waals surface area contributed by atoms with Gasteiger partial charge in [0.05, 0.1) is 21.6 Å². The first-order valence-corrected chi connectivity index (χ1v) is 8.39. The Morgan fingerprint density at radius 1 is 0.857 bits per heavy atom. The van der Waals surface area contributed by atoms with Crippen molar-refractivity contribution in [2.75, 3.05) is 5.43 Å². The molecule has 140 valence electrons. The van der Waals surface area contributed by atoms with Gasteiger partial charge in [0.15, 0.2) is 0 Å². The molecule has 0 bridgehead atoms. The summed E-state index contributed by atoms with van der Waals surface area (Å²) in [6.45, 7) is 0. The van der Waals surface area contributed by atoms with Crippen molar-refractivity contribution >= 4 is 22.8 Å². The lowest BCUT2D eigenvalue weighted by Gasteiger charge is -2.09. The first-order chi connectivity index (χ1) is 13.5. The number of nitrogens with one attached hydrogen (secondary N) is 1. The first-order valence-electron chi connectivity index (χ1n) is 8.39. The lowest BCUT2D eigenvalue weighted by molar-refractivity contribution is -0.393. The van der Waals surface area contributed by atoms with Crippen molar-refractivity contribution in [3.05, 3.63) is 110 Å². The minimum atomic E-state index is -0.676. The monoisotopic (exact) mass is 376 g/mol. The van der Waals surface area contributed by atoms with E-state index < -0.39 is 15.5 Å². The van der Waals surface area contributed by atoms with E-state index in [4.69, 9.17) is 0 Å². The number of hydrogen-bond acceptors (Lipinski definition) is 6. The maximum absolute atomic E-state index is 11.3. The second-order valence-corrected chi connectivity index (χ2v) is 5.91. The summed E-state index contributed by atoms with van der Waals surface area (Å²) in [5.74, 6) is 0. The van der Waals surface area contributed by atoms with E-state index in [1.807, 2.05) is 60.7 Å². The number of hydrogen-bond donors (Lipinski definition) is 1. The van der Waals surface area contributed by atoms with E-state index in [9.17, 15) is 20.2 Å². The van der Waals surface area contributed by atoms with Gasteiger partial charge in [-0.1, -0.05) is 60.7 Å². The van der Waals surface area contributed by atoms with Crippen LogP contribution >= 0.6 is 0 Å². The van der Waals surface area contributed by atoms with Crippen LogP contribution in [0.3, 0.4) is 0 Å². The van der Waals surface area contributed by atoms with Crippen LogP contribution in [-0.2, 0) is 6.42 Å². The third-order valence-corrected chi connectivity index (χ3v) is 4.02. The van der Waals surface area contributed by atoms with E-state index >= 15 is 0 Å². The van der Waals surface area contributed by atoms with Crippen molar-refractivity contribution in [3.8, 4) is 0 Å². The van der Waals surface area contributed by atoms with E-state index in [0.717, 1.165) is 17.2 Å². The summed E-state index contributed by atoms with van der Waals surface area (Å²) in [4.78, 5) is 20.8. The zero-order chi connectivity index (χ0) is 19.9. The van der Waals surface area contributed by atoms with Crippen molar-refractivity contribution in [3.63, 3.8) is 0 Å². The Bertz CT molecular complexity index is 1020. The molecule has 0 aliphatic heterocycles. The zero-order valence-electron chi connectivity index (χ0n) is 14.7. The number of hydrazone groups is 1. The van der Waals surface area contributed by atoms with Crippen LogP contribution in [0.5, 0.6) is 0 Å². The summed E-state index contributed by atoms with van der Waals surface area (Å²) in [6.07, 6.45) is 0.513. The van der Waals surface area contributed by atoms with Crippen LogP contribution in [0.15, 0.2) is 84.0 Å². The third-order valence-electron chi connectivity index (χ3n) is 4.02. The van der Waals surface area contributed by atoms with Crippen LogP contribution < -0.4 is 5.43 Å². The minimum Gasteiger partial charge on any atom is -0.271 e. The van der Waals surface area contributed by atoms with Gasteiger partial charge in [-0.05, 0) is 17.2 Å². The highest BCUT2D eigenvalue weighted by Gasteiger charge is 2.19. The lowest BCUT2D eigenvalue weighted by atomic mass is 10.0. The summed E-state index contributed by atoms with van der Waals surface area (Å²) in [5.41, 5.74) is 4.60. The van der Waals surface area contributed by atoms with Crippen LogP contribution in [0.2, 0.25) is 0 Å². The summed E-state index contributed by atoms with van der Waals surface area (Å²) < 4.78 is 0. The molecule has 0 amide bonds. The number of nitrogens with zero attached hydrogens (tertiary/aromatic N) is 3. The quantitative estimate of drug-likeness (QED) is 0.369. The standard InChI is InChI=1S/C20H16N4O4/c25-23(26)17-11-12-18(20(14-17)24(27)28)21-22-19(16-9-5-2-6-10-16)13-15-7-3-1-4-8-15/h1-12,14,21H,13H2/b22-19-. The highest BCUT2D eigenvalue weighted by molar-refractivity contribution is 6.02. The van der Waals surface area contributed by atoms with Gasteiger partial charge in [0.2, 0.25) is 0 Å². The Kier molecular flexibility index (Phi) is 5.71. The van der Waals surface area contributed by atoms with Crippen molar-refractivity contribution in [1.82, 2.24) is 0 Å². The summed E-state index contributed by atoms with van der Waals surface area (Å²) in [6, 6.07) is 22.5. The molecule has 0 atom stereocenters. The zero-order valence-corrected chi connectivity index (χ0v) is 14.7. The molecule has 3 rings (SSSR count). The van der Waals surface area contributed by atoms with E-state index in [1.165, 1.54) is 12.1 Å². The van der Waals surface area contributed by atoms with E-state index in [-0.39, 0.29) is 11.4 Å². The predicted molar refractivity (Wildman–Crippen MR) is 106 cm³/mol. The molecule has 0 aliphatic carbocycles. The van der Waals surface area contributed by atoms with Crippen molar-refractivity contribution in [1.29, 1.82) is 0 Å². The number of anilines is 1. The van der Waals surface area contributed by atoms with Crippen LogP contribution in [0.1, 0.15) is 11.1 Å². The number of non-ortho nitro benzene ring substituents is 1. The Morgan fingerprint density at radius 3 is 2.11 bits per heavy atom. The average molecular weight is 376 g/mol. The molecule has 3 aromatic carbocycles. The van der Waals surface area contributed by atoms with Gasteiger partial charge in [-0.15, -0.1) is 0 Å². The molecule has 8 nitrogen and oxygen atoms in total. The van der Waals surface area contributed by atoms with Crippen LogP contribution in [0.25, 0.3) is 0 Å². The van der Waals surface area contributed by atoms with Gasteiger partial charge in [-0.25, -0.2) is 0 Å². The minimum absolute atomic E-state index is 0.0806. The number of nitro groups is 2. The first kappa shape index (κ1) is 18.7. The van der Waals surface area contributed by atoms with E-state index in [2.05, 4.69) is 10.5 Å². The van der Waals surface area contributed by atoms with E-state index in [0.29, 0.717) is 12.1 Å². The Balaban J connectivity index is 1.95. The number of rotatable bonds is 7. The van der Waals surface area contributed by atoms with Gasteiger partial charge in [-0.2, -0.15) is 5.10 Å². The second-order valence-electron chi connectivity index (χ2n) is 5.91. The normalized spacial score (nSPS) is 11.1. The van der Waals surface area contributed by atoms with Gasteiger partial charge >= 0.3 is 5.69 Å². The van der Waals surface area contributed by atoms with E-state index in [1.54, 1.807) is 0 Å². The molecule has 0 saturated heterocycles. The Morgan fingerprint density at radius 2 is 1.50 bits per heavy atom. The molecule has 0 aliphatic rings. The molecule has 0 heterocycles. The summed E-state index contributed by atoms with van der Waals surface area (Å²) >= 11 is 0. The van der Waals surface area contributed by atoms with Gasteiger partial charge < -0.3 is 0 Å². The molecule has 0 aromatic heterocycles. The predicted octanol–water partition coefficient (Wildman–Crippen LogP) is 4.56. The summed E-state index contributed by atoms with van der Waals surface area (Å²) in [5, 5.41) is 26.5. The Hall–Kier alpha value is -4.07. The second kappa shape index (κ2) is 8.54. The van der Waals surface area contributed by atoms with Gasteiger partial charge in [-0.3, -0.25) is 25.7 Å². The van der Waals surface area contributed by atoms with Crippen molar-refractivity contribution in [2.24, 2.45) is 5.10 Å². The summed E-state index contributed by atoms with van der Waals surface area (Å²) in [7, 11) is 0. The third kappa shape index (κ3) is 4.55. The topological polar surface area (TPSA) is 111 Å². The maximum atomic E-state index is 11.3. The molecule has 0 spiro atoms. The molecule has 0 fully saturated rings. The highest BCUT2D eigenvalue weighted by atomic mass is 16.6. The molecule has 3 aromatic rings. The largest absolute Gasteiger partial charge is 0.301 e. The van der Waals surface area contributed by atoms with Gasteiger partial charge in [0, 0.05) is 12.5 Å². The fourth-order valence-electron chi connectivity index (χ4n) is 2.63. The maximum Gasteiger partial charge on any atom is 0.301 e. The van der Waals surface area contributed by atoms with Crippen LogP contribution in [0.4, 0.5) is 17.1 Å². The molecule has 8 heteroatoms. The molecule has 0 saturated carbocycles. The smallest absolute Gasteiger partial charge is 0.271 e. The molecule has 0 unspecified atom stereocenters. The fraction of sp³-hybridized carbons (Fsp3) is 0.0500. The number of benzene rings is 3. The van der Waals surface area contributed by atoms with Crippen LogP contribution in [-0.4, -0.2) is 15.6 Å². The fourth-order valence-corrected chi connectivity index (χ4v) is 2.63. The lowest BCUT2D eigenvalue weighted by Crippen LogP contribution is -2.09. The highest BCUT2D eigenvalue weighted by Crippen LogP contribution is 2.29. The molecule has 0 radical (unpaired) electrons. The molecule has 28 heavy (non-hydrogen) atoms. The Labute approximate surface area is 160 Å². The SMILES string of the molecule is O=[N+]([O-])c1ccc(N/N=C(/Cc2ccccc2)c2ccccc2)c([N+](=O)[O-])c1. The van der Waals surface area contributed by atoms with Crippen LogP contribution in [0, 0.1) is 20.2 Å². The molecule has 1 N–H and O–H groups in total. The van der Waals surface area contributed by atoms with Crippen molar-refractivity contribution in [2.45, 2.75) is 6.42 Å². The van der Waals surface area contributed by atoms with Gasteiger partial charge in [0.1, 0.15) is 5.69 Å².